The smallest absolute Gasteiger partial charge is 0.170 e. The number of halogens is 1. The minimum Gasteiger partial charge on any atom is -0.334 e. The summed E-state index contributed by atoms with van der Waals surface area (Å²) in [6, 6.07) is 5.31. The monoisotopic (exact) mass is 258 g/mol. The quantitative estimate of drug-likeness (QED) is 0.776. The van der Waals surface area contributed by atoms with Crippen LogP contribution >= 0.6 is 0 Å². The number of rotatable bonds is 2. The number of hydrogen-bond donors (Lipinski definition) is 0. The van der Waals surface area contributed by atoms with Crippen molar-refractivity contribution in [2.45, 2.75) is 32.2 Å². The third-order valence-electron chi connectivity index (χ3n) is 3.79. The van der Waals surface area contributed by atoms with Gasteiger partial charge < -0.3 is 4.57 Å². The Labute approximate surface area is 111 Å². The molecule has 1 aromatic carbocycles. The van der Waals surface area contributed by atoms with Gasteiger partial charge in [0.1, 0.15) is 17.3 Å². The standard InChI is InChI=1S/C15H15FN2O/c1-10-6-11(2-4-14(10)16)12-3-5-15-17-13(9-19)8-18(15)7-12/h2,4,6,8-9,12H,3,5,7H2,1H3. The minimum atomic E-state index is -0.161. The van der Waals surface area contributed by atoms with E-state index in [1.165, 1.54) is 6.07 Å². The molecule has 1 aromatic heterocycles. The summed E-state index contributed by atoms with van der Waals surface area (Å²) in [4.78, 5) is 15.0. The fourth-order valence-electron chi connectivity index (χ4n) is 2.72. The van der Waals surface area contributed by atoms with Crippen LogP contribution < -0.4 is 0 Å². The molecule has 0 saturated carbocycles. The van der Waals surface area contributed by atoms with E-state index in [2.05, 4.69) is 4.98 Å². The molecular formula is C15H15FN2O. The lowest BCUT2D eigenvalue weighted by molar-refractivity contribution is 0.111. The largest absolute Gasteiger partial charge is 0.334 e. The molecule has 2 heterocycles. The van der Waals surface area contributed by atoms with Gasteiger partial charge in [0.2, 0.25) is 0 Å². The summed E-state index contributed by atoms with van der Waals surface area (Å²) < 4.78 is 15.3. The Morgan fingerprint density at radius 3 is 3.05 bits per heavy atom. The Balaban J connectivity index is 1.88. The van der Waals surface area contributed by atoms with Crippen LogP contribution in [0.5, 0.6) is 0 Å². The van der Waals surface area contributed by atoms with Crippen LogP contribution in [0.25, 0.3) is 0 Å². The highest BCUT2D eigenvalue weighted by molar-refractivity contribution is 5.71. The molecule has 98 valence electrons. The highest BCUT2D eigenvalue weighted by Crippen LogP contribution is 2.29. The van der Waals surface area contributed by atoms with Crippen LogP contribution in [0.1, 0.15) is 39.8 Å². The van der Waals surface area contributed by atoms with Gasteiger partial charge in [0.05, 0.1) is 0 Å². The molecule has 0 bridgehead atoms. The molecule has 0 saturated heterocycles. The summed E-state index contributed by atoms with van der Waals surface area (Å²) in [6.07, 6.45) is 4.42. The molecule has 3 nitrogen and oxygen atoms in total. The van der Waals surface area contributed by atoms with Gasteiger partial charge in [-0.1, -0.05) is 12.1 Å². The molecule has 3 rings (SSSR count). The van der Waals surface area contributed by atoms with Crippen LogP contribution in [0, 0.1) is 12.7 Å². The summed E-state index contributed by atoms with van der Waals surface area (Å²) >= 11 is 0. The lowest BCUT2D eigenvalue weighted by atomic mass is 9.90. The van der Waals surface area contributed by atoms with Gasteiger partial charge in [-0.15, -0.1) is 0 Å². The van der Waals surface area contributed by atoms with Crippen molar-refractivity contribution >= 4 is 6.29 Å². The van der Waals surface area contributed by atoms with Crippen LogP contribution in [0.3, 0.4) is 0 Å². The summed E-state index contributed by atoms with van der Waals surface area (Å²) in [5, 5.41) is 0. The van der Waals surface area contributed by atoms with E-state index < -0.39 is 0 Å². The number of benzene rings is 1. The van der Waals surface area contributed by atoms with Gasteiger partial charge in [-0.3, -0.25) is 4.79 Å². The lowest BCUT2D eigenvalue weighted by Gasteiger charge is -2.24. The fourth-order valence-corrected chi connectivity index (χ4v) is 2.72. The van der Waals surface area contributed by atoms with Crippen molar-refractivity contribution in [3.63, 3.8) is 0 Å². The fraction of sp³-hybridized carbons (Fsp3) is 0.333. The van der Waals surface area contributed by atoms with Gasteiger partial charge in [0, 0.05) is 25.1 Å². The number of imidazole rings is 1. The summed E-state index contributed by atoms with van der Waals surface area (Å²) in [6.45, 7) is 2.59. The van der Waals surface area contributed by atoms with Crippen molar-refractivity contribution < 1.29 is 9.18 Å². The van der Waals surface area contributed by atoms with Crippen molar-refractivity contribution in [2.24, 2.45) is 0 Å². The molecule has 1 aliphatic heterocycles. The first-order valence-corrected chi connectivity index (χ1v) is 6.44. The number of carbonyl (C=O) groups is 1. The van der Waals surface area contributed by atoms with E-state index in [1.54, 1.807) is 13.1 Å². The van der Waals surface area contributed by atoms with Crippen molar-refractivity contribution in [3.05, 3.63) is 52.9 Å². The van der Waals surface area contributed by atoms with Crippen molar-refractivity contribution in [3.8, 4) is 0 Å². The molecule has 2 aromatic rings. The van der Waals surface area contributed by atoms with Crippen LogP contribution in [0.2, 0.25) is 0 Å². The van der Waals surface area contributed by atoms with Crippen LogP contribution in [0.4, 0.5) is 4.39 Å². The average Bonchev–Trinajstić information content (AvgIpc) is 2.83. The Hall–Kier alpha value is -1.97. The van der Waals surface area contributed by atoms with Crippen LogP contribution in [-0.2, 0) is 13.0 Å². The number of aromatic nitrogens is 2. The summed E-state index contributed by atoms with van der Waals surface area (Å²) in [5.41, 5.74) is 2.33. The third kappa shape index (κ3) is 2.18. The van der Waals surface area contributed by atoms with E-state index in [0.717, 1.165) is 37.1 Å². The molecule has 4 heteroatoms. The normalized spacial score (nSPS) is 18.1. The molecular weight excluding hydrogens is 243 g/mol. The highest BCUT2D eigenvalue weighted by atomic mass is 19.1. The van der Waals surface area contributed by atoms with Gasteiger partial charge in [-0.05, 0) is 30.5 Å². The molecule has 0 fully saturated rings. The molecule has 0 amide bonds. The predicted molar refractivity (Wildman–Crippen MR) is 69.8 cm³/mol. The zero-order chi connectivity index (χ0) is 13.4. The Kier molecular flexibility index (Phi) is 2.93. The number of fused-ring (bicyclic) bond motifs is 1. The first kappa shape index (κ1) is 12.1. The SMILES string of the molecule is Cc1cc(C2CCc3nc(C=O)cn3C2)ccc1F. The van der Waals surface area contributed by atoms with Crippen LogP contribution in [0.15, 0.2) is 24.4 Å². The zero-order valence-corrected chi connectivity index (χ0v) is 10.8. The van der Waals surface area contributed by atoms with E-state index in [9.17, 15) is 9.18 Å². The molecule has 0 aliphatic carbocycles. The number of nitrogens with zero attached hydrogens (tertiary/aromatic N) is 2. The van der Waals surface area contributed by atoms with E-state index in [0.29, 0.717) is 17.2 Å². The second-order valence-corrected chi connectivity index (χ2v) is 5.10. The highest BCUT2D eigenvalue weighted by Gasteiger charge is 2.22. The van der Waals surface area contributed by atoms with Crippen LogP contribution in [-0.4, -0.2) is 15.8 Å². The van der Waals surface area contributed by atoms with Gasteiger partial charge in [0.15, 0.2) is 6.29 Å². The van der Waals surface area contributed by atoms with Crippen molar-refractivity contribution in [1.29, 1.82) is 0 Å². The lowest BCUT2D eigenvalue weighted by Crippen LogP contribution is -2.18. The molecule has 0 radical (unpaired) electrons. The van der Waals surface area contributed by atoms with Crippen molar-refractivity contribution in [1.82, 2.24) is 9.55 Å². The molecule has 0 spiro atoms. The Bertz CT molecular complexity index is 633. The molecule has 1 unspecified atom stereocenters. The maximum absolute atomic E-state index is 13.3. The minimum absolute atomic E-state index is 0.161. The predicted octanol–water partition coefficient (Wildman–Crippen LogP) is 2.87. The topological polar surface area (TPSA) is 34.9 Å². The maximum Gasteiger partial charge on any atom is 0.170 e. The number of hydrogen-bond acceptors (Lipinski definition) is 2. The summed E-state index contributed by atoms with van der Waals surface area (Å²) in [7, 11) is 0. The molecule has 0 N–H and O–H groups in total. The first-order valence-electron chi connectivity index (χ1n) is 6.44. The number of aryl methyl sites for hydroxylation is 2. The van der Waals surface area contributed by atoms with E-state index in [1.807, 2.05) is 16.7 Å². The van der Waals surface area contributed by atoms with Gasteiger partial charge in [-0.25, -0.2) is 9.37 Å². The number of aldehydes is 1. The Morgan fingerprint density at radius 1 is 1.47 bits per heavy atom. The van der Waals surface area contributed by atoms with Gasteiger partial charge in [-0.2, -0.15) is 0 Å². The molecule has 1 atom stereocenters. The third-order valence-corrected chi connectivity index (χ3v) is 3.79. The maximum atomic E-state index is 13.3. The summed E-state index contributed by atoms with van der Waals surface area (Å²) in [5.74, 6) is 1.17. The van der Waals surface area contributed by atoms with E-state index in [4.69, 9.17) is 0 Å². The molecule has 19 heavy (non-hydrogen) atoms. The second-order valence-electron chi connectivity index (χ2n) is 5.10. The van der Waals surface area contributed by atoms with E-state index >= 15 is 0 Å². The number of carbonyl (C=O) groups excluding carboxylic acids is 1. The first-order chi connectivity index (χ1) is 9.17. The van der Waals surface area contributed by atoms with Crippen molar-refractivity contribution in [2.75, 3.05) is 0 Å². The van der Waals surface area contributed by atoms with Gasteiger partial charge in [0.25, 0.3) is 0 Å². The average molecular weight is 258 g/mol. The Morgan fingerprint density at radius 2 is 2.32 bits per heavy atom. The molecule has 1 aliphatic rings. The van der Waals surface area contributed by atoms with E-state index in [-0.39, 0.29) is 5.82 Å². The second kappa shape index (κ2) is 4.61. The van der Waals surface area contributed by atoms with Gasteiger partial charge >= 0.3 is 0 Å². The zero-order valence-electron chi connectivity index (χ0n) is 10.8.